The van der Waals surface area contributed by atoms with Gasteiger partial charge in [0.1, 0.15) is 0 Å². The molecular weight excluding hydrogens is 149 g/mol. The van der Waals surface area contributed by atoms with Gasteiger partial charge in [-0.2, -0.15) is 13.2 Å². The minimum Gasteiger partial charge on any atom is -0.469 e. The Morgan fingerprint density at radius 1 is 1.60 bits per heavy atom. The highest BCUT2D eigenvalue weighted by molar-refractivity contribution is 5.73. The SMILES string of the molecule is [CH2]C(C(=O)OC)C(F)(F)F. The lowest BCUT2D eigenvalue weighted by molar-refractivity contribution is -0.186. The fourth-order valence-electron chi connectivity index (χ4n) is 0.276. The van der Waals surface area contributed by atoms with Gasteiger partial charge in [0.2, 0.25) is 0 Å². The number of carbonyl (C=O) groups excluding carboxylic acids is 1. The van der Waals surface area contributed by atoms with Gasteiger partial charge in [-0.15, -0.1) is 0 Å². The molecule has 0 aromatic rings. The number of methoxy groups -OCH3 is 1. The Hall–Kier alpha value is -0.740. The zero-order valence-electron chi connectivity index (χ0n) is 5.23. The lowest BCUT2D eigenvalue weighted by Gasteiger charge is -2.11. The van der Waals surface area contributed by atoms with Crippen LogP contribution in [0.3, 0.4) is 0 Å². The molecule has 0 aliphatic rings. The minimum atomic E-state index is -4.60. The van der Waals surface area contributed by atoms with Crippen molar-refractivity contribution < 1.29 is 22.7 Å². The summed E-state index contributed by atoms with van der Waals surface area (Å²) in [5.41, 5.74) is 0. The van der Waals surface area contributed by atoms with Crippen molar-refractivity contribution in [1.82, 2.24) is 0 Å². The predicted octanol–water partition coefficient (Wildman–Crippen LogP) is 1.17. The Balaban J connectivity index is 4.08. The molecule has 0 rings (SSSR count). The smallest absolute Gasteiger partial charge is 0.402 e. The van der Waals surface area contributed by atoms with E-state index in [1.165, 1.54) is 0 Å². The molecule has 1 radical (unpaired) electrons. The fourth-order valence-corrected chi connectivity index (χ4v) is 0.276. The molecule has 0 saturated carbocycles. The number of alkyl halides is 3. The molecule has 0 spiro atoms. The zero-order chi connectivity index (χ0) is 8.36. The van der Waals surface area contributed by atoms with Crippen LogP contribution in [0, 0.1) is 12.8 Å². The topological polar surface area (TPSA) is 26.3 Å². The van der Waals surface area contributed by atoms with Gasteiger partial charge in [0.15, 0.2) is 5.92 Å². The summed E-state index contributed by atoms with van der Waals surface area (Å²) in [5.74, 6) is -3.65. The molecule has 1 atom stereocenters. The van der Waals surface area contributed by atoms with Crippen LogP contribution in [0.15, 0.2) is 0 Å². The Morgan fingerprint density at radius 3 is 2.10 bits per heavy atom. The predicted molar refractivity (Wildman–Crippen MR) is 26.9 cm³/mol. The third-order valence-electron chi connectivity index (χ3n) is 0.881. The first kappa shape index (κ1) is 9.26. The van der Waals surface area contributed by atoms with Crippen LogP contribution in [0.25, 0.3) is 0 Å². The van der Waals surface area contributed by atoms with Gasteiger partial charge in [-0.25, -0.2) is 0 Å². The van der Waals surface area contributed by atoms with E-state index in [2.05, 4.69) is 11.7 Å². The Labute approximate surface area is 56.0 Å². The molecule has 10 heavy (non-hydrogen) atoms. The van der Waals surface area contributed by atoms with Crippen molar-refractivity contribution in [3.05, 3.63) is 6.92 Å². The van der Waals surface area contributed by atoms with Gasteiger partial charge in [-0.3, -0.25) is 4.79 Å². The molecule has 2 nitrogen and oxygen atoms in total. The van der Waals surface area contributed by atoms with Crippen LogP contribution < -0.4 is 0 Å². The molecule has 59 valence electrons. The normalized spacial score (nSPS) is 14.5. The largest absolute Gasteiger partial charge is 0.469 e. The summed E-state index contributed by atoms with van der Waals surface area (Å²) in [7, 11) is 0.881. The quantitative estimate of drug-likeness (QED) is 0.531. The molecule has 0 aromatic carbocycles. The summed E-state index contributed by atoms with van der Waals surface area (Å²) in [6.07, 6.45) is -4.60. The average Bonchev–Trinajstić information content (AvgIpc) is 1.83. The number of halogens is 3. The molecule has 0 heterocycles. The third kappa shape index (κ3) is 2.24. The average molecular weight is 155 g/mol. The van der Waals surface area contributed by atoms with Gasteiger partial charge >= 0.3 is 12.1 Å². The lowest BCUT2D eigenvalue weighted by atomic mass is 10.2. The summed E-state index contributed by atoms with van der Waals surface area (Å²) in [6.45, 7) is 2.58. The highest BCUT2D eigenvalue weighted by Crippen LogP contribution is 2.25. The van der Waals surface area contributed by atoms with Gasteiger partial charge in [0.25, 0.3) is 0 Å². The van der Waals surface area contributed by atoms with Crippen molar-refractivity contribution in [1.29, 1.82) is 0 Å². The van der Waals surface area contributed by atoms with Gasteiger partial charge in [-0.05, 0) is 6.92 Å². The molecule has 0 fully saturated rings. The van der Waals surface area contributed by atoms with Gasteiger partial charge in [0.05, 0.1) is 7.11 Å². The second kappa shape index (κ2) is 2.90. The maximum absolute atomic E-state index is 11.5. The summed E-state index contributed by atoms with van der Waals surface area (Å²) in [5, 5.41) is 0. The molecule has 0 aliphatic carbocycles. The molecule has 5 heteroatoms. The van der Waals surface area contributed by atoms with Gasteiger partial charge in [0, 0.05) is 0 Å². The zero-order valence-corrected chi connectivity index (χ0v) is 5.23. The first-order valence-electron chi connectivity index (χ1n) is 2.37. The van der Waals surface area contributed by atoms with Crippen molar-refractivity contribution in [3.63, 3.8) is 0 Å². The summed E-state index contributed by atoms with van der Waals surface area (Å²) in [6, 6.07) is 0. The van der Waals surface area contributed by atoms with Crippen molar-refractivity contribution in [2.75, 3.05) is 7.11 Å². The van der Waals surface area contributed by atoms with Crippen LogP contribution in [0.2, 0.25) is 0 Å². The van der Waals surface area contributed by atoms with Crippen LogP contribution in [0.1, 0.15) is 0 Å². The van der Waals surface area contributed by atoms with Crippen molar-refractivity contribution in [3.8, 4) is 0 Å². The van der Waals surface area contributed by atoms with Gasteiger partial charge in [-0.1, -0.05) is 0 Å². The fraction of sp³-hybridized carbons (Fsp3) is 0.600. The third-order valence-corrected chi connectivity index (χ3v) is 0.881. The Morgan fingerprint density at radius 2 is 2.00 bits per heavy atom. The van der Waals surface area contributed by atoms with Crippen LogP contribution in [-0.2, 0) is 9.53 Å². The molecule has 0 bridgehead atoms. The van der Waals surface area contributed by atoms with E-state index >= 15 is 0 Å². The first-order valence-corrected chi connectivity index (χ1v) is 2.37. The van der Waals surface area contributed by atoms with E-state index in [0.717, 1.165) is 7.11 Å². The van der Waals surface area contributed by atoms with E-state index in [1.54, 1.807) is 0 Å². The number of ether oxygens (including phenoxy) is 1. The first-order chi connectivity index (χ1) is 4.39. The van der Waals surface area contributed by atoms with Gasteiger partial charge < -0.3 is 4.74 Å². The molecule has 0 aromatic heterocycles. The van der Waals surface area contributed by atoms with Crippen LogP contribution in [-0.4, -0.2) is 19.3 Å². The maximum Gasteiger partial charge on any atom is 0.402 e. The molecule has 1 unspecified atom stereocenters. The number of hydrogen-bond donors (Lipinski definition) is 0. The monoisotopic (exact) mass is 155 g/mol. The second-order valence-corrected chi connectivity index (χ2v) is 1.62. The highest BCUT2D eigenvalue weighted by atomic mass is 19.4. The van der Waals surface area contributed by atoms with E-state index in [-0.39, 0.29) is 0 Å². The van der Waals surface area contributed by atoms with Crippen molar-refractivity contribution in [2.24, 2.45) is 5.92 Å². The van der Waals surface area contributed by atoms with Crippen LogP contribution in [0.4, 0.5) is 13.2 Å². The highest BCUT2D eigenvalue weighted by Gasteiger charge is 2.41. The molecular formula is C5H6F3O2. The number of esters is 1. The lowest BCUT2D eigenvalue weighted by Crippen LogP contribution is -2.28. The summed E-state index contributed by atoms with van der Waals surface area (Å²) < 4.78 is 38.4. The Bertz CT molecular complexity index is 129. The van der Waals surface area contributed by atoms with Crippen molar-refractivity contribution >= 4 is 5.97 Å². The number of carbonyl (C=O) groups is 1. The maximum atomic E-state index is 11.5. The number of hydrogen-bond acceptors (Lipinski definition) is 2. The van der Waals surface area contributed by atoms with E-state index in [1.807, 2.05) is 0 Å². The molecule has 0 amide bonds. The molecule has 0 saturated heterocycles. The van der Waals surface area contributed by atoms with Crippen molar-refractivity contribution in [2.45, 2.75) is 6.18 Å². The van der Waals surface area contributed by atoms with Crippen LogP contribution in [0.5, 0.6) is 0 Å². The molecule has 0 aliphatic heterocycles. The second-order valence-electron chi connectivity index (χ2n) is 1.62. The summed E-state index contributed by atoms with van der Waals surface area (Å²) >= 11 is 0. The standard InChI is InChI=1S/C5H6F3O2/c1-3(4(9)10-2)5(6,7)8/h3H,1H2,2H3. The minimum absolute atomic E-state index is 0.881. The molecule has 0 N–H and O–H groups in total. The van der Waals surface area contributed by atoms with E-state index in [0.29, 0.717) is 0 Å². The Kier molecular flexibility index (Phi) is 2.68. The van der Waals surface area contributed by atoms with E-state index in [9.17, 15) is 18.0 Å². The van der Waals surface area contributed by atoms with E-state index in [4.69, 9.17) is 0 Å². The number of rotatable bonds is 1. The summed E-state index contributed by atoms with van der Waals surface area (Å²) in [4.78, 5) is 10.2. The van der Waals surface area contributed by atoms with Crippen LogP contribution >= 0.6 is 0 Å². The van der Waals surface area contributed by atoms with E-state index < -0.39 is 18.1 Å².